The van der Waals surface area contributed by atoms with Crippen LogP contribution < -0.4 is 5.32 Å². The molecule has 6 nitrogen and oxygen atoms in total. The lowest BCUT2D eigenvalue weighted by molar-refractivity contribution is 0.411. The SMILES string of the molecule is Cc1cnn(CCN[C@@H](C)c2nnc(-c3cccs3)o2)c1. The minimum atomic E-state index is 0.0165. The molecule has 0 spiro atoms. The Kier molecular flexibility index (Phi) is 4.12. The number of thiophene rings is 1. The molecule has 21 heavy (non-hydrogen) atoms. The summed E-state index contributed by atoms with van der Waals surface area (Å²) in [5.41, 5.74) is 1.17. The van der Waals surface area contributed by atoms with Crippen molar-refractivity contribution in [1.29, 1.82) is 0 Å². The summed E-state index contributed by atoms with van der Waals surface area (Å²) < 4.78 is 7.62. The number of nitrogens with one attached hydrogen (secondary N) is 1. The van der Waals surface area contributed by atoms with E-state index in [4.69, 9.17) is 4.42 Å². The zero-order chi connectivity index (χ0) is 14.7. The molecule has 0 bridgehead atoms. The molecule has 0 aliphatic rings. The average Bonchev–Trinajstić information content (AvgIpc) is 3.19. The molecule has 0 fully saturated rings. The van der Waals surface area contributed by atoms with Crippen molar-refractivity contribution in [3.63, 3.8) is 0 Å². The predicted octanol–water partition coefficient (Wildman–Crippen LogP) is 2.65. The molecule has 0 saturated carbocycles. The maximum atomic E-state index is 5.70. The van der Waals surface area contributed by atoms with Crippen molar-refractivity contribution in [2.24, 2.45) is 0 Å². The standard InChI is InChI=1S/C14H17N5OS/c1-10-8-16-19(9-10)6-5-15-11(2)13-17-18-14(20-13)12-4-3-7-21-12/h3-4,7-9,11,15H,5-6H2,1-2H3/t11-/m0/s1. The fourth-order valence-electron chi connectivity index (χ4n) is 1.98. The van der Waals surface area contributed by atoms with E-state index < -0.39 is 0 Å². The van der Waals surface area contributed by atoms with Gasteiger partial charge in [0.05, 0.1) is 23.7 Å². The third-order valence-corrected chi connectivity index (χ3v) is 3.95. The highest BCUT2D eigenvalue weighted by molar-refractivity contribution is 7.13. The van der Waals surface area contributed by atoms with E-state index in [1.165, 1.54) is 5.56 Å². The quantitative estimate of drug-likeness (QED) is 0.758. The normalized spacial score (nSPS) is 12.7. The van der Waals surface area contributed by atoms with Gasteiger partial charge in [-0.25, -0.2) is 0 Å². The summed E-state index contributed by atoms with van der Waals surface area (Å²) in [5, 5.41) is 17.8. The third kappa shape index (κ3) is 3.37. The van der Waals surface area contributed by atoms with E-state index >= 15 is 0 Å². The summed E-state index contributed by atoms with van der Waals surface area (Å²) in [4.78, 5) is 0.993. The van der Waals surface area contributed by atoms with Crippen molar-refractivity contribution in [1.82, 2.24) is 25.3 Å². The molecule has 7 heteroatoms. The van der Waals surface area contributed by atoms with Gasteiger partial charge in [0.25, 0.3) is 5.89 Å². The van der Waals surface area contributed by atoms with Crippen LogP contribution in [0.15, 0.2) is 34.3 Å². The van der Waals surface area contributed by atoms with Gasteiger partial charge in [-0.3, -0.25) is 4.68 Å². The van der Waals surface area contributed by atoms with Crippen LogP contribution in [0.1, 0.15) is 24.4 Å². The summed E-state index contributed by atoms with van der Waals surface area (Å²) in [6.07, 6.45) is 3.88. The second-order valence-corrected chi connectivity index (χ2v) is 5.83. The molecule has 3 heterocycles. The van der Waals surface area contributed by atoms with Gasteiger partial charge in [-0.15, -0.1) is 21.5 Å². The largest absolute Gasteiger partial charge is 0.418 e. The first-order valence-electron chi connectivity index (χ1n) is 6.82. The molecule has 0 saturated heterocycles. The van der Waals surface area contributed by atoms with Crippen LogP contribution in [0.3, 0.4) is 0 Å². The van der Waals surface area contributed by atoms with Crippen LogP contribution in [0.25, 0.3) is 10.8 Å². The highest BCUT2D eigenvalue weighted by atomic mass is 32.1. The van der Waals surface area contributed by atoms with Crippen molar-refractivity contribution in [2.75, 3.05) is 6.54 Å². The summed E-state index contributed by atoms with van der Waals surface area (Å²) in [5.74, 6) is 1.19. The fourth-order valence-corrected chi connectivity index (χ4v) is 2.63. The molecule has 3 aromatic heterocycles. The Labute approximate surface area is 126 Å². The van der Waals surface area contributed by atoms with Gasteiger partial charge in [-0.1, -0.05) is 6.07 Å². The molecule has 1 atom stereocenters. The second-order valence-electron chi connectivity index (χ2n) is 4.88. The lowest BCUT2D eigenvalue weighted by Crippen LogP contribution is -2.23. The van der Waals surface area contributed by atoms with Crippen LogP contribution in [-0.4, -0.2) is 26.5 Å². The van der Waals surface area contributed by atoms with Gasteiger partial charge in [-0.05, 0) is 30.9 Å². The van der Waals surface area contributed by atoms with E-state index in [1.54, 1.807) is 11.3 Å². The summed E-state index contributed by atoms with van der Waals surface area (Å²) in [7, 11) is 0. The second kappa shape index (κ2) is 6.19. The lowest BCUT2D eigenvalue weighted by Gasteiger charge is -2.09. The van der Waals surface area contributed by atoms with Crippen LogP contribution in [0.4, 0.5) is 0 Å². The minimum absolute atomic E-state index is 0.0165. The summed E-state index contributed by atoms with van der Waals surface area (Å²) in [6.45, 7) is 5.65. The van der Waals surface area contributed by atoms with Crippen molar-refractivity contribution in [3.05, 3.63) is 41.4 Å². The van der Waals surface area contributed by atoms with Crippen LogP contribution in [0.2, 0.25) is 0 Å². The highest BCUT2D eigenvalue weighted by Gasteiger charge is 2.14. The smallest absolute Gasteiger partial charge is 0.257 e. The number of nitrogens with zero attached hydrogens (tertiary/aromatic N) is 4. The summed E-state index contributed by atoms with van der Waals surface area (Å²) >= 11 is 1.59. The van der Waals surface area contributed by atoms with Crippen molar-refractivity contribution < 1.29 is 4.42 Å². The van der Waals surface area contributed by atoms with Gasteiger partial charge in [-0.2, -0.15) is 5.10 Å². The van der Waals surface area contributed by atoms with E-state index in [-0.39, 0.29) is 6.04 Å². The summed E-state index contributed by atoms with van der Waals surface area (Å²) in [6, 6.07) is 3.96. The highest BCUT2D eigenvalue weighted by Crippen LogP contribution is 2.24. The van der Waals surface area contributed by atoms with E-state index in [0.29, 0.717) is 11.8 Å². The number of hydrogen-bond donors (Lipinski definition) is 1. The molecule has 3 aromatic rings. The van der Waals surface area contributed by atoms with E-state index in [2.05, 4.69) is 20.6 Å². The first-order valence-corrected chi connectivity index (χ1v) is 7.70. The molecule has 3 rings (SSSR count). The Morgan fingerprint density at radius 3 is 3.05 bits per heavy atom. The van der Waals surface area contributed by atoms with E-state index in [1.807, 2.05) is 48.4 Å². The van der Waals surface area contributed by atoms with Gasteiger partial charge in [0.2, 0.25) is 5.89 Å². The van der Waals surface area contributed by atoms with Gasteiger partial charge >= 0.3 is 0 Å². The number of hydrogen-bond acceptors (Lipinski definition) is 6. The lowest BCUT2D eigenvalue weighted by atomic mass is 10.3. The first kappa shape index (κ1) is 14.0. The monoisotopic (exact) mass is 303 g/mol. The first-order chi connectivity index (χ1) is 10.2. The maximum Gasteiger partial charge on any atom is 0.257 e. The van der Waals surface area contributed by atoms with Crippen LogP contribution in [0.5, 0.6) is 0 Å². The molecule has 0 aliphatic heterocycles. The molecule has 0 radical (unpaired) electrons. The molecule has 0 amide bonds. The number of rotatable bonds is 6. The molecule has 1 N–H and O–H groups in total. The average molecular weight is 303 g/mol. The van der Waals surface area contributed by atoms with E-state index in [0.717, 1.165) is 18.0 Å². The van der Waals surface area contributed by atoms with Gasteiger partial charge in [0.15, 0.2) is 0 Å². The van der Waals surface area contributed by atoms with Gasteiger partial charge in [0, 0.05) is 12.7 Å². The molecule has 0 aliphatic carbocycles. The molecule has 0 aromatic carbocycles. The van der Waals surface area contributed by atoms with Crippen molar-refractivity contribution >= 4 is 11.3 Å². The Hall–Kier alpha value is -1.99. The number of aryl methyl sites for hydroxylation is 1. The Bertz CT molecular complexity index is 688. The number of aromatic nitrogens is 4. The Balaban J connectivity index is 1.54. The van der Waals surface area contributed by atoms with Crippen LogP contribution in [0, 0.1) is 6.92 Å². The molecule has 0 unspecified atom stereocenters. The van der Waals surface area contributed by atoms with Crippen molar-refractivity contribution in [3.8, 4) is 10.8 Å². The van der Waals surface area contributed by atoms with Crippen LogP contribution in [-0.2, 0) is 6.54 Å². The molecule has 110 valence electrons. The van der Waals surface area contributed by atoms with Gasteiger partial charge in [0.1, 0.15) is 0 Å². The molecular formula is C14H17N5OS. The van der Waals surface area contributed by atoms with E-state index in [9.17, 15) is 0 Å². The predicted molar refractivity (Wildman–Crippen MR) is 81.0 cm³/mol. The molecular weight excluding hydrogens is 286 g/mol. The van der Waals surface area contributed by atoms with Gasteiger partial charge < -0.3 is 9.73 Å². The fraction of sp³-hybridized carbons (Fsp3) is 0.357. The minimum Gasteiger partial charge on any atom is -0.418 e. The maximum absolute atomic E-state index is 5.70. The van der Waals surface area contributed by atoms with Crippen LogP contribution >= 0.6 is 11.3 Å². The Morgan fingerprint density at radius 2 is 2.33 bits per heavy atom. The Morgan fingerprint density at radius 1 is 1.43 bits per heavy atom. The van der Waals surface area contributed by atoms with Crippen molar-refractivity contribution in [2.45, 2.75) is 26.4 Å². The third-order valence-electron chi connectivity index (χ3n) is 3.10. The topological polar surface area (TPSA) is 68.8 Å². The zero-order valence-corrected chi connectivity index (χ0v) is 12.8. The zero-order valence-electron chi connectivity index (χ0n) is 12.0.